The molecule has 0 aliphatic carbocycles. The highest BCUT2D eigenvalue weighted by Gasteiger charge is 2.28. The molecule has 0 amide bonds. The second-order valence-corrected chi connectivity index (χ2v) is 12.8. The number of methoxy groups -OCH3 is 1. The Labute approximate surface area is 252 Å². The predicted molar refractivity (Wildman–Crippen MR) is 167 cm³/mol. The molecule has 8 nitrogen and oxygen atoms in total. The summed E-state index contributed by atoms with van der Waals surface area (Å²) in [6.07, 6.45) is 6.92. The molecule has 5 rings (SSSR count). The molecule has 0 saturated heterocycles. The fourth-order valence-corrected chi connectivity index (χ4v) is 6.71. The van der Waals surface area contributed by atoms with Crippen LogP contribution in [-0.2, 0) is 29.1 Å². The predicted octanol–water partition coefficient (Wildman–Crippen LogP) is 6.51. The molecule has 222 valence electrons. The first-order valence-corrected chi connectivity index (χ1v) is 15.8. The van der Waals surface area contributed by atoms with Crippen LogP contribution < -0.4 is 9.46 Å². The van der Waals surface area contributed by atoms with Gasteiger partial charge in [-0.2, -0.15) is 14.8 Å². The minimum atomic E-state index is -1.53. The van der Waals surface area contributed by atoms with Crippen molar-refractivity contribution < 1.29 is 14.0 Å². The van der Waals surface area contributed by atoms with Gasteiger partial charge in [-0.15, -0.1) is 0 Å². The standard InChI is InChI=1S/C33H41N5O3S/c1-22(2)16-26-21-41-31-18-30(32-23(3)8-6-9-24(32)4)35-33(36-31)37-42(39)28-11-7-10-25(17-28)12-13-29(26)27-19-34-38(20-27)14-15-40-5/h6-11,17-20,22,26,29H,12-16,21H2,1-5H3,(H,35,36,37)/t26-,29?,42?/m1/s1. The molecular weight excluding hydrogens is 546 g/mol. The molecule has 4 bridgehead atoms. The first-order valence-electron chi connectivity index (χ1n) is 14.7. The average Bonchev–Trinajstić information content (AvgIpc) is 3.42. The van der Waals surface area contributed by atoms with Gasteiger partial charge in [-0.3, -0.25) is 4.68 Å². The van der Waals surface area contributed by atoms with Crippen LogP contribution in [0.4, 0.5) is 5.95 Å². The number of aromatic nitrogens is 4. The van der Waals surface area contributed by atoms with Gasteiger partial charge in [0.2, 0.25) is 5.88 Å². The molecule has 0 saturated carbocycles. The van der Waals surface area contributed by atoms with Crippen LogP contribution in [0.5, 0.6) is 5.88 Å². The van der Waals surface area contributed by atoms with E-state index in [2.05, 4.69) is 66.9 Å². The smallest absolute Gasteiger partial charge is 0.269 e. The lowest BCUT2D eigenvalue weighted by atomic mass is 9.79. The van der Waals surface area contributed by atoms with E-state index in [9.17, 15) is 4.55 Å². The van der Waals surface area contributed by atoms with E-state index in [0.717, 1.165) is 47.2 Å². The summed E-state index contributed by atoms with van der Waals surface area (Å²) in [5, 5.41) is 4.64. The van der Waals surface area contributed by atoms with Crippen molar-refractivity contribution >= 4 is 17.3 Å². The lowest BCUT2D eigenvalue weighted by molar-refractivity contribution is 0.183. The van der Waals surface area contributed by atoms with Gasteiger partial charge in [0.05, 0.1) is 31.6 Å². The highest BCUT2D eigenvalue weighted by atomic mass is 32.2. The minimum Gasteiger partial charge on any atom is -0.588 e. The summed E-state index contributed by atoms with van der Waals surface area (Å²) in [5.41, 5.74) is 6.34. The normalized spacial score (nSPS) is 19.2. The SMILES string of the molecule is COCCn1cc(C2CCc3cccc(c3)[S+]([O-])Nc3nc(cc(-c4c(C)cccc4C)n3)OC[C@H]2CC(C)C)cn1. The zero-order valence-electron chi connectivity index (χ0n) is 25.2. The molecule has 2 aromatic carbocycles. The number of aryl methyl sites for hydroxylation is 3. The molecule has 3 atom stereocenters. The number of nitrogens with zero attached hydrogens (tertiary/aromatic N) is 4. The van der Waals surface area contributed by atoms with Gasteiger partial charge in [-0.05, 0) is 79.3 Å². The van der Waals surface area contributed by atoms with E-state index in [1.165, 1.54) is 5.56 Å². The van der Waals surface area contributed by atoms with Crippen LogP contribution in [0.2, 0.25) is 0 Å². The zero-order chi connectivity index (χ0) is 29.6. The summed E-state index contributed by atoms with van der Waals surface area (Å²) in [7, 11) is 1.71. The summed E-state index contributed by atoms with van der Waals surface area (Å²) < 4.78 is 30.2. The van der Waals surface area contributed by atoms with E-state index in [-0.39, 0.29) is 17.8 Å². The molecule has 3 heterocycles. The molecule has 9 heteroatoms. The van der Waals surface area contributed by atoms with Gasteiger partial charge in [0.25, 0.3) is 5.95 Å². The molecule has 0 radical (unpaired) electrons. The van der Waals surface area contributed by atoms with Crippen molar-refractivity contribution in [1.29, 1.82) is 0 Å². The number of benzene rings is 2. The van der Waals surface area contributed by atoms with Gasteiger partial charge >= 0.3 is 0 Å². The lowest BCUT2D eigenvalue weighted by Gasteiger charge is -2.28. The number of nitrogens with one attached hydrogen (secondary N) is 1. The maximum Gasteiger partial charge on any atom is 0.269 e. The third-order valence-corrected chi connectivity index (χ3v) is 8.92. The molecule has 2 unspecified atom stereocenters. The molecule has 1 N–H and O–H groups in total. The Hall–Kier alpha value is -3.40. The minimum absolute atomic E-state index is 0.221. The quantitative estimate of drug-likeness (QED) is 0.246. The summed E-state index contributed by atoms with van der Waals surface area (Å²) in [6.45, 7) is 10.5. The number of fused-ring (bicyclic) bond motifs is 4. The van der Waals surface area contributed by atoms with Crippen LogP contribution in [0.15, 0.2) is 65.8 Å². The molecule has 0 fully saturated rings. The van der Waals surface area contributed by atoms with Crippen LogP contribution in [0, 0.1) is 25.7 Å². The topological polar surface area (TPSA) is 97.2 Å². The number of ether oxygens (including phenoxy) is 2. The Kier molecular flexibility index (Phi) is 9.82. The van der Waals surface area contributed by atoms with Gasteiger partial charge < -0.3 is 14.0 Å². The van der Waals surface area contributed by atoms with E-state index in [0.29, 0.717) is 36.5 Å². The van der Waals surface area contributed by atoms with Crippen LogP contribution in [0.3, 0.4) is 0 Å². The second-order valence-electron chi connectivity index (χ2n) is 11.6. The number of anilines is 1. The Morgan fingerprint density at radius 1 is 1.12 bits per heavy atom. The third-order valence-electron chi connectivity index (χ3n) is 7.87. The van der Waals surface area contributed by atoms with Crippen molar-refractivity contribution in [3.8, 4) is 17.1 Å². The number of rotatable bonds is 7. The largest absolute Gasteiger partial charge is 0.588 e. The number of hydrogen-bond acceptors (Lipinski definition) is 7. The summed E-state index contributed by atoms with van der Waals surface area (Å²) >= 11 is -1.53. The van der Waals surface area contributed by atoms with E-state index >= 15 is 0 Å². The van der Waals surface area contributed by atoms with Crippen LogP contribution in [0.25, 0.3) is 11.3 Å². The van der Waals surface area contributed by atoms with E-state index < -0.39 is 11.4 Å². The Bertz CT molecular complexity index is 1470. The Balaban J connectivity index is 1.57. The third kappa shape index (κ3) is 7.32. The van der Waals surface area contributed by atoms with Gasteiger partial charge in [0.15, 0.2) is 4.90 Å². The first kappa shape index (κ1) is 30.1. The monoisotopic (exact) mass is 587 g/mol. The van der Waals surface area contributed by atoms with Crippen LogP contribution in [0.1, 0.15) is 54.9 Å². The molecule has 1 aliphatic heterocycles. The molecule has 0 spiro atoms. The summed E-state index contributed by atoms with van der Waals surface area (Å²) in [4.78, 5) is 10.2. The van der Waals surface area contributed by atoms with E-state index in [1.807, 2.05) is 41.2 Å². The van der Waals surface area contributed by atoms with Gasteiger partial charge in [-0.25, -0.2) is 4.98 Å². The van der Waals surface area contributed by atoms with Crippen molar-refractivity contribution in [2.75, 3.05) is 25.0 Å². The van der Waals surface area contributed by atoms with Crippen molar-refractivity contribution in [3.63, 3.8) is 0 Å². The number of hydrogen-bond donors (Lipinski definition) is 1. The fourth-order valence-electron chi connectivity index (χ4n) is 5.87. The summed E-state index contributed by atoms with van der Waals surface area (Å²) in [5.74, 6) is 1.69. The highest BCUT2D eigenvalue weighted by molar-refractivity contribution is 7.92. The fraction of sp³-hybridized carbons (Fsp3) is 0.424. The Morgan fingerprint density at radius 3 is 2.67 bits per heavy atom. The van der Waals surface area contributed by atoms with Gasteiger partial charge in [-0.1, -0.05) is 44.2 Å². The van der Waals surface area contributed by atoms with Crippen LogP contribution >= 0.6 is 0 Å². The maximum absolute atomic E-state index is 13.4. The second kappa shape index (κ2) is 13.7. The van der Waals surface area contributed by atoms with E-state index in [4.69, 9.17) is 14.5 Å². The van der Waals surface area contributed by atoms with E-state index in [1.54, 1.807) is 7.11 Å². The van der Waals surface area contributed by atoms with Crippen molar-refractivity contribution in [2.24, 2.45) is 11.8 Å². The highest BCUT2D eigenvalue weighted by Crippen LogP contribution is 2.36. The zero-order valence-corrected chi connectivity index (χ0v) is 26.0. The van der Waals surface area contributed by atoms with Crippen molar-refractivity contribution in [2.45, 2.75) is 64.3 Å². The molecule has 4 aromatic rings. The molecular formula is C33H41N5O3S. The molecule has 2 aromatic heterocycles. The van der Waals surface area contributed by atoms with Gasteiger partial charge in [0, 0.05) is 30.9 Å². The molecule has 1 aliphatic rings. The van der Waals surface area contributed by atoms with Crippen molar-refractivity contribution in [3.05, 3.63) is 83.2 Å². The maximum atomic E-state index is 13.4. The first-order chi connectivity index (χ1) is 20.3. The average molecular weight is 588 g/mol. The van der Waals surface area contributed by atoms with Crippen LogP contribution in [-0.4, -0.2) is 44.6 Å². The summed E-state index contributed by atoms with van der Waals surface area (Å²) in [6, 6.07) is 16.1. The van der Waals surface area contributed by atoms with Crippen molar-refractivity contribution in [1.82, 2.24) is 19.7 Å². The van der Waals surface area contributed by atoms with Gasteiger partial charge in [0.1, 0.15) is 11.4 Å². The molecule has 42 heavy (non-hydrogen) atoms. The lowest BCUT2D eigenvalue weighted by Crippen LogP contribution is -2.24. The Morgan fingerprint density at radius 2 is 1.90 bits per heavy atom.